The Morgan fingerprint density at radius 2 is 1.59 bits per heavy atom. The molecule has 0 atom stereocenters. The molecule has 1 aliphatic rings. The zero-order valence-corrected chi connectivity index (χ0v) is 15.7. The minimum atomic E-state index is -1.46. The highest BCUT2D eigenvalue weighted by atomic mass is 35.5. The van der Waals surface area contributed by atoms with Gasteiger partial charge in [-0.3, -0.25) is 5.32 Å². The van der Waals surface area contributed by atoms with Crippen LogP contribution in [0.1, 0.15) is 27.4 Å². The van der Waals surface area contributed by atoms with Crippen molar-refractivity contribution >= 4 is 29.4 Å². The number of hydrogen-bond donors (Lipinski definition) is 2. The van der Waals surface area contributed by atoms with E-state index in [-0.39, 0.29) is 17.5 Å². The van der Waals surface area contributed by atoms with E-state index >= 15 is 0 Å². The van der Waals surface area contributed by atoms with Crippen LogP contribution in [0.4, 0.5) is 14.9 Å². The quantitative estimate of drug-likeness (QED) is 0.591. The molecule has 5 nitrogen and oxygen atoms in total. The van der Waals surface area contributed by atoms with Crippen LogP contribution in [0, 0.1) is 5.82 Å². The molecule has 146 valence electrons. The van der Waals surface area contributed by atoms with E-state index in [1.807, 2.05) is 48.5 Å². The van der Waals surface area contributed by atoms with Gasteiger partial charge in [0, 0.05) is 5.92 Å². The molecule has 1 amide bonds. The summed E-state index contributed by atoms with van der Waals surface area (Å²) >= 11 is 5.83. The number of fused-ring (bicyclic) bond motifs is 3. The number of benzene rings is 3. The van der Waals surface area contributed by atoms with E-state index in [2.05, 4.69) is 5.32 Å². The number of carboxylic acid groups (broad SMARTS) is 1. The first-order valence-corrected chi connectivity index (χ1v) is 9.18. The third kappa shape index (κ3) is 3.43. The molecular formula is C22H15ClFNO4. The minimum absolute atomic E-state index is 0.0183. The maximum absolute atomic E-state index is 14.1. The molecule has 0 fully saturated rings. The third-order valence-corrected chi connectivity index (χ3v) is 5.20. The zero-order valence-electron chi connectivity index (χ0n) is 15.0. The number of rotatable bonds is 4. The van der Waals surface area contributed by atoms with Gasteiger partial charge in [-0.1, -0.05) is 60.1 Å². The van der Waals surface area contributed by atoms with Crippen molar-refractivity contribution in [2.75, 3.05) is 11.9 Å². The summed E-state index contributed by atoms with van der Waals surface area (Å²) in [6, 6.07) is 17.8. The average Bonchev–Trinajstić information content (AvgIpc) is 3.03. The molecule has 0 bridgehead atoms. The van der Waals surface area contributed by atoms with Crippen LogP contribution in [-0.4, -0.2) is 23.8 Å². The van der Waals surface area contributed by atoms with E-state index < -0.39 is 29.1 Å². The average molecular weight is 412 g/mol. The highest BCUT2D eigenvalue weighted by Crippen LogP contribution is 2.44. The van der Waals surface area contributed by atoms with Gasteiger partial charge in [0.2, 0.25) is 0 Å². The number of ether oxygens (including phenoxy) is 1. The number of amides is 1. The molecule has 0 spiro atoms. The minimum Gasteiger partial charge on any atom is -0.478 e. The van der Waals surface area contributed by atoms with Crippen LogP contribution in [0.5, 0.6) is 0 Å². The first-order chi connectivity index (χ1) is 14.0. The van der Waals surface area contributed by atoms with Crippen LogP contribution in [0.2, 0.25) is 5.02 Å². The Morgan fingerprint density at radius 1 is 1.00 bits per heavy atom. The number of carbonyl (C=O) groups is 2. The highest BCUT2D eigenvalue weighted by Gasteiger charge is 2.29. The monoisotopic (exact) mass is 411 g/mol. The van der Waals surface area contributed by atoms with Gasteiger partial charge in [0.05, 0.1) is 10.7 Å². The summed E-state index contributed by atoms with van der Waals surface area (Å²) in [5.41, 5.74) is 3.16. The first kappa shape index (κ1) is 19.0. The van der Waals surface area contributed by atoms with Crippen molar-refractivity contribution in [3.63, 3.8) is 0 Å². The second-order valence-electron chi connectivity index (χ2n) is 6.53. The molecule has 0 saturated heterocycles. The van der Waals surface area contributed by atoms with Crippen molar-refractivity contribution in [2.24, 2.45) is 0 Å². The van der Waals surface area contributed by atoms with Gasteiger partial charge in [-0.05, 0) is 34.4 Å². The lowest BCUT2D eigenvalue weighted by Crippen LogP contribution is -2.20. The van der Waals surface area contributed by atoms with Crippen LogP contribution in [0.3, 0.4) is 0 Å². The number of anilines is 1. The molecule has 4 rings (SSSR count). The summed E-state index contributed by atoms with van der Waals surface area (Å²) in [7, 11) is 0. The Morgan fingerprint density at radius 3 is 2.17 bits per heavy atom. The predicted octanol–water partition coefficient (Wildman–Crippen LogP) is 5.54. The van der Waals surface area contributed by atoms with E-state index in [1.54, 1.807) is 0 Å². The second-order valence-corrected chi connectivity index (χ2v) is 6.94. The Kier molecular flexibility index (Phi) is 4.94. The predicted molar refractivity (Wildman–Crippen MR) is 107 cm³/mol. The van der Waals surface area contributed by atoms with Gasteiger partial charge in [0.1, 0.15) is 18.0 Å². The molecule has 3 aromatic carbocycles. The van der Waals surface area contributed by atoms with Gasteiger partial charge in [0.25, 0.3) is 0 Å². The molecule has 0 saturated carbocycles. The Bertz CT molecular complexity index is 1090. The molecule has 0 aliphatic heterocycles. The van der Waals surface area contributed by atoms with Crippen LogP contribution in [-0.2, 0) is 4.74 Å². The summed E-state index contributed by atoms with van der Waals surface area (Å²) in [5.74, 6) is -2.54. The number of carboxylic acids is 1. The van der Waals surface area contributed by atoms with Gasteiger partial charge in [-0.25, -0.2) is 14.0 Å². The second kappa shape index (κ2) is 7.56. The molecule has 0 aromatic heterocycles. The number of halogens is 2. The molecule has 2 N–H and O–H groups in total. The Balaban J connectivity index is 1.55. The summed E-state index contributed by atoms with van der Waals surface area (Å²) in [5, 5.41) is 11.2. The lowest BCUT2D eigenvalue weighted by molar-refractivity contribution is 0.0697. The molecule has 0 heterocycles. The molecule has 0 unspecified atom stereocenters. The summed E-state index contributed by atoms with van der Waals surface area (Å²) in [6.07, 6.45) is -0.962. The van der Waals surface area contributed by atoms with Gasteiger partial charge in [0.15, 0.2) is 0 Å². The number of nitrogens with one attached hydrogen (secondary N) is 1. The fraction of sp³-hybridized carbons (Fsp3) is 0.0909. The summed E-state index contributed by atoms with van der Waals surface area (Å²) in [6.45, 7) is 0.0183. The number of carbonyl (C=O) groups excluding carboxylic acids is 1. The largest absolute Gasteiger partial charge is 0.478 e. The topological polar surface area (TPSA) is 75.6 Å². The third-order valence-electron chi connectivity index (χ3n) is 4.89. The Labute approximate surface area is 170 Å². The van der Waals surface area contributed by atoms with Gasteiger partial charge in [-0.2, -0.15) is 0 Å². The number of hydrogen-bond acceptors (Lipinski definition) is 3. The number of aromatic carboxylic acids is 1. The lowest BCUT2D eigenvalue weighted by Gasteiger charge is -2.15. The van der Waals surface area contributed by atoms with Gasteiger partial charge >= 0.3 is 12.1 Å². The van der Waals surface area contributed by atoms with E-state index in [4.69, 9.17) is 16.3 Å². The van der Waals surface area contributed by atoms with Crippen molar-refractivity contribution in [1.82, 2.24) is 0 Å². The molecule has 7 heteroatoms. The van der Waals surface area contributed by atoms with Crippen molar-refractivity contribution in [1.29, 1.82) is 0 Å². The maximum atomic E-state index is 14.1. The van der Waals surface area contributed by atoms with Crippen molar-refractivity contribution < 1.29 is 23.8 Å². The normalized spacial score (nSPS) is 12.2. The lowest BCUT2D eigenvalue weighted by atomic mass is 9.98. The van der Waals surface area contributed by atoms with Crippen LogP contribution >= 0.6 is 11.6 Å². The van der Waals surface area contributed by atoms with Crippen LogP contribution < -0.4 is 5.32 Å². The smallest absolute Gasteiger partial charge is 0.411 e. The first-order valence-electron chi connectivity index (χ1n) is 8.80. The SMILES string of the molecule is O=C(Nc1c(F)ccc(Cl)c1C(=O)O)OCC1c2ccccc2-c2ccccc21. The van der Waals surface area contributed by atoms with Crippen LogP contribution in [0.25, 0.3) is 11.1 Å². The Hall–Kier alpha value is -3.38. The van der Waals surface area contributed by atoms with Crippen molar-refractivity contribution in [2.45, 2.75) is 5.92 Å². The maximum Gasteiger partial charge on any atom is 0.411 e. The zero-order chi connectivity index (χ0) is 20.5. The summed E-state index contributed by atoms with van der Waals surface area (Å²) in [4.78, 5) is 23.7. The fourth-order valence-electron chi connectivity index (χ4n) is 3.62. The molecule has 29 heavy (non-hydrogen) atoms. The molecule has 1 aliphatic carbocycles. The molecule has 3 aromatic rings. The van der Waals surface area contributed by atoms with E-state index in [0.717, 1.165) is 34.4 Å². The van der Waals surface area contributed by atoms with E-state index in [1.165, 1.54) is 0 Å². The highest BCUT2D eigenvalue weighted by molar-refractivity contribution is 6.34. The summed E-state index contributed by atoms with van der Waals surface area (Å²) < 4.78 is 19.4. The standard InChI is InChI=1S/C22H15ClFNO4/c23-17-9-10-18(24)20(19(17)21(26)27)25-22(28)29-11-16-14-7-3-1-5-12(14)13-6-2-4-8-15(13)16/h1-10,16H,11H2,(H,25,28)(H,26,27). The van der Waals surface area contributed by atoms with E-state index in [9.17, 15) is 19.1 Å². The van der Waals surface area contributed by atoms with Gasteiger partial charge < -0.3 is 9.84 Å². The van der Waals surface area contributed by atoms with Gasteiger partial charge in [-0.15, -0.1) is 0 Å². The van der Waals surface area contributed by atoms with Crippen molar-refractivity contribution in [3.8, 4) is 11.1 Å². The molecule has 0 radical (unpaired) electrons. The van der Waals surface area contributed by atoms with Crippen LogP contribution in [0.15, 0.2) is 60.7 Å². The van der Waals surface area contributed by atoms with Crippen molar-refractivity contribution in [3.05, 3.63) is 88.2 Å². The fourth-order valence-corrected chi connectivity index (χ4v) is 3.86. The molecular weight excluding hydrogens is 397 g/mol. The van der Waals surface area contributed by atoms with E-state index in [0.29, 0.717) is 0 Å².